The molecule has 1 aliphatic rings. The molecule has 0 saturated carbocycles. The zero-order valence-electron chi connectivity index (χ0n) is 30.6. The van der Waals surface area contributed by atoms with Gasteiger partial charge in [0.1, 0.15) is 23.0 Å². The van der Waals surface area contributed by atoms with Gasteiger partial charge in [-0.15, -0.1) is 0 Å². The minimum absolute atomic E-state index is 0.00286. The van der Waals surface area contributed by atoms with Gasteiger partial charge in [-0.1, -0.05) is 72.9 Å². The number of hydrogen-bond acceptors (Lipinski definition) is 7. The van der Waals surface area contributed by atoms with E-state index in [4.69, 9.17) is 56.7 Å². The molecule has 0 saturated heterocycles. The van der Waals surface area contributed by atoms with Gasteiger partial charge in [-0.3, -0.25) is 4.79 Å². The number of ether oxygens (including phenoxy) is 1. The predicted octanol–water partition coefficient (Wildman–Crippen LogP) is 10.4. The van der Waals surface area contributed by atoms with Gasteiger partial charge in [-0.05, 0) is 73.1 Å². The number of carboxylic acid groups (broad SMARTS) is 1. The summed E-state index contributed by atoms with van der Waals surface area (Å²) in [5.41, 5.74) is 4.76. The first-order valence-corrected chi connectivity index (χ1v) is 19.6. The van der Waals surface area contributed by atoms with E-state index in [0.717, 1.165) is 12.8 Å². The molecule has 7 rings (SSSR count). The zero-order valence-corrected chi connectivity index (χ0v) is 33.7. The van der Waals surface area contributed by atoms with Gasteiger partial charge in [0.05, 0.1) is 44.1 Å². The summed E-state index contributed by atoms with van der Waals surface area (Å²) in [7, 11) is 0. The average Bonchev–Trinajstić information content (AvgIpc) is 3.52. The van der Waals surface area contributed by atoms with Crippen LogP contribution in [-0.4, -0.2) is 59.7 Å². The van der Waals surface area contributed by atoms with Crippen LogP contribution in [0.1, 0.15) is 65.3 Å². The number of nitrogens with zero attached hydrogens (tertiary/aromatic N) is 3. The maximum atomic E-state index is 13.6. The lowest BCUT2D eigenvalue weighted by Crippen LogP contribution is -2.34. The number of halogens is 3. The Morgan fingerprint density at radius 1 is 0.842 bits per heavy atom. The molecule has 292 valence electrons. The monoisotopic (exact) mass is 843 g/mol. The Balaban J connectivity index is 1.19. The van der Waals surface area contributed by atoms with Crippen molar-refractivity contribution < 1.29 is 29.6 Å². The second kappa shape index (κ2) is 16.5. The predicted molar refractivity (Wildman–Crippen MR) is 227 cm³/mol. The van der Waals surface area contributed by atoms with E-state index in [0.29, 0.717) is 90.3 Å². The Morgan fingerprint density at radius 3 is 2.12 bits per heavy atom. The Hall–Kier alpha value is -5.53. The van der Waals surface area contributed by atoms with Gasteiger partial charge in [0.25, 0.3) is 0 Å². The summed E-state index contributed by atoms with van der Waals surface area (Å²) in [5.74, 6) is -1.19. The number of carbonyl (C=O) groups is 2. The summed E-state index contributed by atoms with van der Waals surface area (Å²) >= 11 is 25.4. The van der Waals surface area contributed by atoms with Crippen molar-refractivity contribution in [3.05, 3.63) is 128 Å². The smallest absolute Gasteiger partial charge is 0.336 e. The molecule has 11 nitrogen and oxygen atoms in total. The summed E-state index contributed by atoms with van der Waals surface area (Å²) in [4.78, 5) is 33.1. The minimum Gasteiger partial charge on any atom is -0.508 e. The number of benzene rings is 4. The van der Waals surface area contributed by atoms with E-state index in [-0.39, 0.29) is 34.5 Å². The highest BCUT2D eigenvalue weighted by atomic mass is 35.5. The number of carboxylic acids is 1. The Labute approximate surface area is 348 Å². The molecule has 0 fully saturated rings. The number of imidazole rings is 1. The molecule has 0 bridgehead atoms. The molecule has 0 unspecified atom stereocenters. The van der Waals surface area contributed by atoms with Gasteiger partial charge < -0.3 is 40.0 Å². The van der Waals surface area contributed by atoms with Crippen molar-refractivity contribution in [2.75, 3.05) is 23.7 Å². The first-order chi connectivity index (χ1) is 27.3. The number of anilines is 2. The highest BCUT2D eigenvalue weighted by Crippen LogP contribution is 2.50. The molecule has 2 aromatic heterocycles. The van der Waals surface area contributed by atoms with Crippen LogP contribution in [0.15, 0.2) is 85.1 Å². The van der Waals surface area contributed by atoms with Crippen LogP contribution < -0.4 is 15.4 Å². The number of pyridine rings is 1. The fraction of sp³-hybridized carbons (Fsp3) is 0.190. The van der Waals surface area contributed by atoms with E-state index >= 15 is 0 Å². The lowest BCUT2D eigenvalue weighted by Gasteiger charge is -2.30. The van der Waals surface area contributed by atoms with Gasteiger partial charge >= 0.3 is 5.97 Å². The van der Waals surface area contributed by atoms with Gasteiger partial charge in [-0.25, -0.2) is 9.78 Å². The lowest BCUT2D eigenvalue weighted by molar-refractivity contribution is -0.130. The van der Waals surface area contributed by atoms with Crippen LogP contribution in [0.4, 0.5) is 11.4 Å². The van der Waals surface area contributed by atoms with Crippen LogP contribution in [0.2, 0.25) is 15.1 Å². The van der Waals surface area contributed by atoms with Crippen molar-refractivity contribution in [1.29, 1.82) is 0 Å². The number of aromatic carboxylic acids is 1. The summed E-state index contributed by atoms with van der Waals surface area (Å²) in [6.07, 6.45) is 3.38. The average molecular weight is 845 g/mol. The topological polar surface area (TPSA) is 149 Å². The summed E-state index contributed by atoms with van der Waals surface area (Å²) in [5, 5.41) is 38.2. The van der Waals surface area contributed by atoms with Crippen molar-refractivity contribution in [2.45, 2.75) is 39.0 Å². The molecular weight excluding hydrogens is 809 g/mol. The number of amides is 1. The third-order valence-corrected chi connectivity index (χ3v) is 10.6. The van der Waals surface area contributed by atoms with Crippen molar-refractivity contribution in [2.24, 2.45) is 0 Å². The molecule has 5 N–H and O–H groups in total. The first kappa shape index (κ1) is 39.7. The number of phenolic OH excluding ortho intramolecular Hbond substituents is 2. The molecular formula is C42H36Cl3N5O6S. The highest BCUT2D eigenvalue weighted by Gasteiger charge is 2.32. The lowest BCUT2D eigenvalue weighted by atomic mass is 9.80. The number of phenols is 2. The second-order valence-electron chi connectivity index (χ2n) is 13.5. The van der Waals surface area contributed by atoms with Gasteiger partial charge in [0, 0.05) is 59.7 Å². The van der Waals surface area contributed by atoms with Gasteiger partial charge in [0.2, 0.25) is 5.91 Å². The van der Waals surface area contributed by atoms with E-state index in [1.807, 2.05) is 18.7 Å². The number of thiocarbonyl (C=S) groups is 1. The van der Waals surface area contributed by atoms with Crippen molar-refractivity contribution in [3.8, 4) is 34.3 Å². The van der Waals surface area contributed by atoms with Crippen LogP contribution in [0.25, 0.3) is 16.9 Å². The van der Waals surface area contributed by atoms with E-state index < -0.39 is 11.9 Å². The molecule has 57 heavy (non-hydrogen) atoms. The van der Waals surface area contributed by atoms with E-state index in [9.17, 15) is 24.9 Å². The van der Waals surface area contributed by atoms with Crippen LogP contribution in [-0.2, 0) is 11.2 Å². The third kappa shape index (κ3) is 8.17. The van der Waals surface area contributed by atoms with E-state index in [1.54, 1.807) is 59.1 Å². The second-order valence-corrected chi connectivity index (χ2v) is 15.2. The number of aromatic nitrogens is 2. The van der Waals surface area contributed by atoms with Gasteiger partial charge in [0.15, 0.2) is 10.8 Å². The quantitative estimate of drug-likeness (QED) is 0.0797. The summed E-state index contributed by atoms with van der Waals surface area (Å²) < 4.78 is 7.74. The number of aromatic hydroxyl groups is 2. The fourth-order valence-electron chi connectivity index (χ4n) is 7.12. The number of fused-ring (bicyclic) bond motifs is 3. The Morgan fingerprint density at radius 2 is 1.49 bits per heavy atom. The minimum atomic E-state index is -1.17. The maximum Gasteiger partial charge on any atom is 0.336 e. The largest absolute Gasteiger partial charge is 0.508 e. The number of carbonyl (C=O) groups excluding carboxylic acids is 1. The number of rotatable bonds is 11. The summed E-state index contributed by atoms with van der Waals surface area (Å²) in [6, 6.07) is 21.0. The molecule has 15 heteroatoms. The van der Waals surface area contributed by atoms with Crippen molar-refractivity contribution in [3.63, 3.8) is 0 Å². The van der Waals surface area contributed by atoms with Crippen LogP contribution in [0.3, 0.4) is 0 Å². The molecule has 1 aliphatic heterocycles. The molecule has 0 radical (unpaired) electrons. The van der Waals surface area contributed by atoms with E-state index in [1.165, 1.54) is 30.3 Å². The molecule has 4 aromatic carbocycles. The maximum absolute atomic E-state index is 13.6. The molecule has 0 aliphatic carbocycles. The number of nitrogens with one attached hydrogen (secondary N) is 2. The standard InChI is InChI=1S/C42H36Cl3N5O6S/c1-3-13-49(14-4-2)37(53)20-34-39(48-40-32(45)16-23(43)21-50(34)40)22-5-12-31(44)33(15-22)47-42(57)46-24-6-9-27(30(17-24)41(54)55)38-28-10-7-25(51)18-35(28)56-36-19-26(52)8-11-29(36)38/h5-12,15-19,21,38,51-52H,3-4,13-14,20H2,1-2H3,(H,54,55)(H2,46,47,57). The van der Waals surface area contributed by atoms with E-state index in [2.05, 4.69) is 10.6 Å². The third-order valence-electron chi connectivity index (χ3n) is 9.58. The highest BCUT2D eigenvalue weighted by molar-refractivity contribution is 7.80. The van der Waals surface area contributed by atoms with Crippen LogP contribution in [0.5, 0.6) is 23.0 Å². The Bertz CT molecular complexity index is 2520. The summed E-state index contributed by atoms with van der Waals surface area (Å²) in [6.45, 7) is 5.32. The SMILES string of the molecule is CCCN(CCC)C(=O)Cc1c(-c2ccc(Cl)c(NC(=S)Nc3ccc(C4c5ccc(O)cc5Oc5cc(O)ccc54)c(C(=O)O)c3)c2)nc2c(Cl)cc(Cl)cn12. The fourth-order valence-corrected chi connectivity index (χ4v) is 8.03. The molecule has 0 atom stereocenters. The molecule has 6 aromatic rings. The molecule has 3 heterocycles. The van der Waals surface area contributed by atoms with Crippen molar-refractivity contribution >= 4 is 81.0 Å². The Kier molecular flexibility index (Phi) is 11.5. The number of hydrogen-bond donors (Lipinski definition) is 5. The zero-order chi connectivity index (χ0) is 40.5. The van der Waals surface area contributed by atoms with Gasteiger partial charge in [-0.2, -0.15) is 0 Å². The molecule has 1 amide bonds. The van der Waals surface area contributed by atoms with Crippen LogP contribution in [0, 0.1) is 0 Å². The van der Waals surface area contributed by atoms with Crippen molar-refractivity contribution in [1.82, 2.24) is 14.3 Å². The molecule has 0 spiro atoms. The normalized spacial score (nSPS) is 12.1. The van der Waals surface area contributed by atoms with Crippen LogP contribution >= 0.6 is 47.0 Å². The first-order valence-electron chi connectivity index (χ1n) is 18.1.